The molecule has 0 fully saturated rings. The molecule has 3 rings (SSSR count). The van der Waals surface area contributed by atoms with Crippen LogP contribution in [-0.4, -0.2) is 16.8 Å². The first-order valence-electron chi connectivity index (χ1n) is 8.62. The zero-order valence-corrected chi connectivity index (χ0v) is 15.7. The number of hydrogen-bond acceptors (Lipinski definition) is 3. The summed E-state index contributed by atoms with van der Waals surface area (Å²) in [5.74, 6) is 2.47. The lowest BCUT2D eigenvalue weighted by molar-refractivity contribution is 0.0937. The molecule has 0 N–H and O–H groups in total. The van der Waals surface area contributed by atoms with Gasteiger partial charge in [0, 0.05) is 0 Å². The maximum Gasteiger partial charge on any atom is 0.127 e. The number of para-hydroxylation sites is 1. The van der Waals surface area contributed by atoms with Crippen LogP contribution >= 0.6 is 0 Å². The molecule has 3 radical (unpaired) electrons. The van der Waals surface area contributed by atoms with E-state index < -0.39 is 0 Å². The predicted octanol–water partition coefficient (Wildman–Crippen LogP) is 5.26. The molecule has 4 heteroatoms. The van der Waals surface area contributed by atoms with Crippen LogP contribution in [0.15, 0.2) is 78.9 Å². The van der Waals surface area contributed by atoms with Crippen molar-refractivity contribution >= 4 is 10.2 Å². The molecule has 0 aliphatic rings. The normalized spacial score (nSPS) is 11.8. The van der Waals surface area contributed by atoms with Crippen LogP contribution in [0.25, 0.3) is 0 Å². The molecule has 3 aromatic rings. The van der Waals surface area contributed by atoms with Crippen molar-refractivity contribution in [3.8, 4) is 17.2 Å². The van der Waals surface area contributed by atoms with Gasteiger partial charge in [0.05, 0.1) is 29.2 Å². The van der Waals surface area contributed by atoms with Crippen LogP contribution in [0.5, 0.6) is 17.2 Å². The van der Waals surface area contributed by atoms with Gasteiger partial charge in [-0.2, -0.15) is 0 Å². The van der Waals surface area contributed by atoms with E-state index in [1.165, 1.54) is 0 Å². The van der Waals surface area contributed by atoms with E-state index in [1.54, 1.807) is 0 Å². The molecule has 1 unspecified atom stereocenters. The summed E-state index contributed by atoms with van der Waals surface area (Å²) < 4.78 is 17.3. The molecule has 0 spiro atoms. The van der Waals surface area contributed by atoms with E-state index in [2.05, 4.69) is 10.2 Å². The predicted molar refractivity (Wildman–Crippen MR) is 104 cm³/mol. The Kier molecular flexibility index (Phi) is 6.47. The van der Waals surface area contributed by atoms with E-state index >= 15 is 0 Å². The minimum atomic E-state index is -0.190. The van der Waals surface area contributed by atoms with Crippen molar-refractivity contribution in [3.63, 3.8) is 0 Å². The Morgan fingerprint density at radius 1 is 0.808 bits per heavy atom. The summed E-state index contributed by atoms with van der Waals surface area (Å²) in [6, 6.07) is 25.6. The van der Waals surface area contributed by atoms with E-state index in [-0.39, 0.29) is 5.73 Å². The molecular weight excluding hydrogens is 340 g/mol. The average Bonchev–Trinajstić information content (AvgIpc) is 2.68. The third-order valence-corrected chi connectivity index (χ3v) is 4.29. The van der Waals surface area contributed by atoms with E-state index in [1.807, 2.05) is 85.8 Å². The van der Waals surface area contributed by atoms with Crippen molar-refractivity contribution in [1.82, 2.24) is 0 Å². The molecule has 0 amide bonds. The second kappa shape index (κ2) is 9.22. The third kappa shape index (κ3) is 5.21. The summed E-state index contributed by atoms with van der Waals surface area (Å²) in [5, 5.41) is 0. The molecule has 0 saturated carbocycles. The van der Waals surface area contributed by atoms with Gasteiger partial charge < -0.3 is 14.2 Å². The van der Waals surface area contributed by atoms with Crippen molar-refractivity contribution in [2.45, 2.75) is 19.3 Å². The zero-order chi connectivity index (χ0) is 18.2. The van der Waals surface area contributed by atoms with Gasteiger partial charge in [-0.1, -0.05) is 42.5 Å². The maximum absolute atomic E-state index is 5.94. The summed E-state index contributed by atoms with van der Waals surface area (Å²) in [4.78, 5) is 0. The van der Waals surface area contributed by atoms with Crippen LogP contribution in [0.4, 0.5) is 0 Å². The molecule has 0 saturated heterocycles. The Morgan fingerprint density at radius 3 is 2.27 bits per heavy atom. The molecule has 0 aliphatic heterocycles. The lowest BCUT2D eigenvalue weighted by Crippen LogP contribution is -2.04. The fraction of sp³-hybridized carbons (Fsp3) is 0.182. The molecule has 0 aliphatic carbocycles. The van der Waals surface area contributed by atoms with Crippen LogP contribution in [0.3, 0.4) is 0 Å². The first kappa shape index (κ1) is 18.2. The van der Waals surface area contributed by atoms with Gasteiger partial charge in [0.15, 0.2) is 0 Å². The van der Waals surface area contributed by atoms with Crippen LogP contribution in [0.2, 0.25) is 0 Å². The minimum absolute atomic E-state index is 0.190. The molecule has 0 aromatic heterocycles. The first-order chi connectivity index (χ1) is 12.7. The fourth-order valence-corrected chi connectivity index (χ4v) is 2.78. The summed E-state index contributed by atoms with van der Waals surface area (Å²) in [6.07, 6.45) is 0. The van der Waals surface area contributed by atoms with Gasteiger partial charge in [-0.3, -0.25) is 0 Å². The Balaban J connectivity index is 1.58. The highest BCUT2D eigenvalue weighted by Crippen LogP contribution is 2.24. The van der Waals surface area contributed by atoms with Gasteiger partial charge in [0.1, 0.15) is 17.2 Å². The number of rotatable bonds is 8. The van der Waals surface area contributed by atoms with Gasteiger partial charge >= 0.3 is 0 Å². The molecule has 0 heterocycles. The van der Waals surface area contributed by atoms with Crippen molar-refractivity contribution in [2.75, 3.05) is 6.61 Å². The minimum Gasteiger partial charge on any atom is -0.494 e. The second-order valence-corrected chi connectivity index (χ2v) is 6.28. The first-order valence-corrected chi connectivity index (χ1v) is 9.19. The van der Waals surface area contributed by atoms with Crippen molar-refractivity contribution in [1.29, 1.82) is 0 Å². The lowest BCUT2D eigenvalue weighted by Gasteiger charge is -2.15. The van der Waals surface area contributed by atoms with Crippen LogP contribution < -0.4 is 9.47 Å². The Morgan fingerprint density at radius 2 is 1.54 bits per heavy atom. The molecule has 3 nitrogen and oxygen atoms in total. The average molecular weight is 361 g/mol. The van der Waals surface area contributed by atoms with Crippen LogP contribution in [0.1, 0.15) is 23.8 Å². The van der Waals surface area contributed by atoms with Crippen molar-refractivity contribution in [3.05, 3.63) is 90.0 Å². The summed E-state index contributed by atoms with van der Waals surface area (Å²) >= 11 is 0. The quantitative estimate of drug-likeness (QED) is 0.512. The molecule has 1 atom stereocenters. The second-order valence-electron chi connectivity index (χ2n) is 5.76. The highest BCUT2D eigenvalue weighted by molar-refractivity contribution is 6.11. The van der Waals surface area contributed by atoms with Gasteiger partial charge in [0.25, 0.3) is 0 Å². The standard InChI is InChI=1S/C22H21O3Si/c1-2-23-19-13-11-18(12-14-19)22(26)24-16-17-7-6-10-21(15-17)25-20-8-4-3-5-9-20/h3-15,22H,2,16H2,1H3. The summed E-state index contributed by atoms with van der Waals surface area (Å²) in [6.45, 7) is 3.11. The summed E-state index contributed by atoms with van der Waals surface area (Å²) in [5.41, 5.74) is 1.90. The molecule has 26 heavy (non-hydrogen) atoms. The van der Waals surface area contributed by atoms with Gasteiger partial charge in [-0.05, 0) is 54.4 Å². The van der Waals surface area contributed by atoms with Gasteiger partial charge in [-0.15, -0.1) is 0 Å². The smallest absolute Gasteiger partial charge is 0.127 e. The van der Waals surface area contributed by atoms with E-state index in [4.69, 9.17) is 14.2 Å². The summed E-state index contributed by atoms with van der Waals surface area (Å²) in [7, 11) is 3.64. The monoisotopic (exact) mass is 361 g/mol. The lowest BCUT2D eigenvalue weighted by atomic mass is 10.2. The van der Waals surface area contributed by atoms with E-state index in [9.17, 15) is 0 Å². The largest absolute Gasteiger partial charge is 0.494 e. The Bertz CT molecular complexity index is 803. The van der Waals surface area contributed by atoms with Gasteiger partial charge in [-0.25, -0.2) is 0 Å². The SMILES string of the molecule is CCOc1ccc(C([Si])OCc2cccc(Oc3ccccc3)c2)cc1. The Hall–Kier alpha value is -2.56. The molecular formula is C22H21O3Si. The molecule has 3 aromatic carbocycles. The number of benzene rings is 3. The zero-order valence-electron chi connectivity index (χ0n) is 14.7. The highest BCUT2D eigenvalue weighted by atomic mass is 28.1. The van der Waals surface area contributed by atoms with Crippen molar-refractivity contribution < 1.29 is 14.2 Å². The Labute approximate surface area is 158 Å². The number of ether oxygens (including phenoxy) is 3. The molecule has 0 bridgehead atoms. The van der Waals surface area contributed by atoms with Crippen molar-refractivity contribution in [2.24, 2.45) is 0 Å². The fourth-order valence-electron chi connectivity index (χ4n) is 2.50. The van der Waals surface area contributed by atoms with E-state index in [0.717, 1.165) is 28.4 Å². The van der Waals surface area contributed by atoms with E-state index in [0.29, 0.717) is 13.2 Å². The third-order valence-electron chi connectivity index (χ3n) is 3.79. The maximum atomic E-state index is 5.94. The van der Waals surface area contributed by atoms with Crippen LogP contribution in [0, 0.1) is 0 Å². The molecule has 131 valence electrons. The number of hydrogen-bond donors (Lipinski definition) is 0. The van der Waals surface area contributed by atoms with Gasteiger partial charge in [0.2, 0.25) is 0 Å². The van der Waals surface area contributed by atoms with Crippen LogP contribution in [-0.2, 0) is 11.3 Å². The topological polar surface area (TPSA) is 27.7 Å². The highest BCUT2D eigenvalue weighted by Gasteiger charge is 2.07.